The first-order chi connectivity index (χ1) is 9.65. The molecule has 21 heavy (non-hydrogen) atoms. The van der Waals surface area contributed by atoms with E-state index in [4.69, 9.17) is 0 Å². The van der Waals surface area contributed by atoms with Crippen molar-refractivity contribution in [1.82, 2.24) is 0 Å². The maximum Gasteiger partial charge on any atom is 1.00 e. The molecule has 2 nitrogen and oxygen atoms in total. The van der Waals surface area contributed by atoms with Gasteiger partial charge in [-0.1, -0.05) is 0 Å². The Morgan fingerprint density at radius 1 is 1.00 bits per heavy atom. The van der Waals surface area contributed by atoms with Crippen LogP contribution in [-0.4, -0.2) is 23.7 Å². The Labute approximate surface area is 159 Å². The third-order valence-electron chi connectivity index (χ3n) is 3.98. The minimum atomic E-state index is -2.61. The maximum atomic E-state index is 11.5. The number of carbonyl (C=O) groups is 1. The second-order valence-electron chi connectivity index (χ2n) is 5.64. The van der Waals surface area contributed by atoms with E-state index in [9.17, 15) is 9.90 Å². The Kier molecular flexibility index (Phi) is 12.6. The Bertz CT molecular complexity index is 388. The Balaban J connectivity index is 0.00000400. The van der Waals surface area contributed by atoms with Gasteiger partial charge in [0.1, 0.15) is 0 Å². The number of carbonyl (C=O) groups excluding carboxylic acids is 1. The van der Waals surface area contributed by atoms with Gasteiger partial charge >= 0.3 is 161 Å². The molecule has 1 heterocycles. The Hall–Kier alpha value is 0.749. The van der Waals surface area contributed by atoms with Crippen molar-refractivity contribution in [1.29, 1.82) is 0 Å². The average Bonchev–Trinajstić information content (AvgIpc) is 2.78. The van der Waals surface area contributed by atoms with Crippen molar-refractivity contribution in [2.24, 2.45) is 0 Å². The normalized spacial score (nSPS) is 15.1. The summed E-state index contributed by atoms with van der Waals surface area (Å²) < 4.78 is 2.79. The number of rotatable bonds is 10. The molecule has 1 aliphatic rings. The molecule has 0 aromatic heterocycles. The van der Waals surface area contributed by atoms with Gasteiger partial charge in [-0.3, -0.25) is 0 Å². The number of hydrogen-bond donors (Lipinski definition) is 0. The molecule has 0 saturated heterocycles. The number of unbranched alkanes of at least 4 members (excludes halogenated alkanes) is 3. The molecule has 0 aromatic carbocycles. The second kappa shape index (κ2) is 12.2. The topological polar surface area (TPSA) is 40.1 Å². The van der Waals surface area contributed by atoms with Crippen LogP contribution in [0.5, 0.6) is 0 Å². The molecule has 0 fully saturated rings. The van der Waals surface area contributed by atoms with Crippen LogP contribution >= 0.6 is 0 Å². The third kappa shape index (κ3) is 6.80. The van der Waals surface area contributed by atoms with Gasteiger partial charge in [0.2, 0.25) is 0 Å². The number of carboxylic acid groups (broad SMARTS) is 1. The van der Waals surface area contributed by atoms with E-state index in [0.717, 1.165) is 32.1 Å². The zero-order valence-electron chi connectivity index (χ0n) is 14.3. The van der Waals surface area contributed by atoms with E-state index in [1.54, 1.807) is 0 Å². The maximum absolute atomic E-state index is 11.5. The molecule has 0 amide bonds. The molecule has 0 saturated carbocycles. The van der Waals surface area contributed by atoms with Crippen molar-refractivity contribution in [2.45, 2.75) is 78.6 Å². The van der Waals surface area contributed by atoms with E-state index in [1.165, 1.54) is 40.4 Å². The quantitative estimate of drug-likeness (QED) is 0.514. The van der Waals surface area contributed by atoms with Crippen molar-refractivity contribution in [2.75, 3.05) is 0 Å². The summed E-state index contributed by atoms with van der Waals surface area (Å²) in [5.74, 6) is 0. The molecule has 0 unspecified atom stereocenters. The van der Waals surface area contributed by atoms with E-state index >= 15 is 0 Å². The van der Waals surface area contributed by atoms with Gasteiger partial charge in [0.05, 0.1) is 0 Å². The molecule has 0 spiro atoms. The molecule has 0 atom stereocenters. The minimum absolute atomic E-state index is 0. The van der Waals surface area contributed by atoms with Gasteiger partial charge in [-0.25, -0.2) is 0 Å². The molecule has 113 valence electrons. The summed E-state index contributed by atoms with van der Waals surface area (Å²) in [6.45, 7) is 6.57. The third-order valence-corrected chi connectivity index (χ3v) is 10.5. The fourth-order valence-corrected chi connectivity index (χ4v) is 9.24. The van der Waals surface area contributed by atoms with Crippen molar-refractivity contribution in [3.05, 3.63) is 18.8 Å². The van der Waals surface area contributed by atoms with Crippen LogP contribution in [0.25, 0.3) is 0 Å². The minimum Gasteiger partial charge on any atom is 1.00 e. The summed E-state index contributed by atoms with van der Waals surface area (Å²) in [4.78, 5) is 11.5. The fourth-order valence-electron chi connectivity index (χ4n) is 2.78. The molecule has 4 heteroatoms. The molecule has 0 aliphatic carbocycles. The van der Waals surface area contributed by atoms with Crippen LogP contribution in [-0.2, 0) is 0 Å². The Morgan fingerprint density at radius 2 is 1.52 bits per heavy atom. The molecule has 1 radical (unpaired) electrons. The summed E-state index contributed by atoms with van der Waals surface area (Å²) in [5, 5.41) is 11.5. The van der Waals surface area contributed by atoms with Crippen molar-refractivity contribution >= 4 is 23.7 Å². The summed E-state index contributed by atoms with van der Waals surface area (Å²) in [6.07, 6.45) is 10.1. The van der Waals surface area contributed by atoms with E-state index in [1.807, 2.05) is 0 Å². The van der Waals surface area contributed by atoms with Gasteiger partial charge in [-0.05, 0) is 0 Å². The zero-order valence-corrected chi connectivity index (χ0v) is 19.1. The predicted octanol–water partition coefficient (Wildman–Crippen LogP) is 1.30. The smallest absolute Gasteiger partial charge is 1.00 e. The largest absolute Gasteiger partial charge is 1.00 e. The van der Waals surface area contributed by atoms with Crippen LogP contribution in [0.1, 0.15) is 78.6 Å². The van der Waals surface area contributed by atoms with Crippen molar-refractivity contribution < 1.29 is 39.5 Å². The van der Waals surface area contributed by atoms with Gasteiger partial charge < -0.3 is 0 Å². The summed E-state index contributed by atoms with van der Waals surface area (Å²) >= 11 is -2.61. The second-order valence-corrected chi connectivity index (χ2v) is 11.7. The standard InChI is InChI=1S/C16H28.CO2.Na.Sn/c1-5-8-11-14-16(13-10-7-3)15(4)12-9-6-2;2-1-3;;/h4H,5-13H2,1-3H3;;;/q;-1;+1;. The van der Waals surface area contributed by atoms with E-state index in [0.29, 0.717) is 0 Å². The van der Waals surface area contributed by atoms with Crippen LogP contribution in [0, 0.1) is 0 Å². The van der Waals surface area contributed by atoms with Gasteiger partial charge in [0, 0.05) is 0 Å². The summed E-state index contributed by atoms with van der Waals surface area (Å²) in [5.41, 5.74) is 2.82. The predicted molar refractivity (Wildman–Crippen MR) is 84.8 cm³/mol. The van der Waals surface area contributed by atoms with E-state index in [2.05, 4.69) is 24.9 Å². The van der Waals surface area contributed by atoms with Crippen molar-refractivity contribution in [3.8, 4) is 0 Å². The Morgan fingerprint density at radius 3 is 2.05 bits per heavy atom. The van der Waals surface area contributed by atoms with E-state index in [-0.39, 0.29) is 29.6 Å². The summed E-state index contributed by atoms with van der Waals surface area (Å²) in [6, 6.07) is 0. The monoisotopic (exact) mass is 407 g/mol. The van der Waals surface area contributed by atoms with Crippen LogP contribution in [0.4, 0.5) is 4.79 Å². The van der Waals surface area contributed by atoms with Gasteiger partial charge in [-0.2, -0.15) is 0 Å². The van der Waals surface area contributed by atoms with Crippen LogP contribution in [0.2, 0.25) is 0 Å². The zero-order chi connectivity index (χ0) is 15.0. The van der Waals surface area contributed by atoms with Crippen molar-refractivity contribution in [3.63, 3.8) is 0 Å². The first-order valence-corrected chi connectivity index (χ1v) is 12.7. The molecule has 0 bridgehead atoms. The SMILES string of the molecule is CCCCC1=[CH][Sn]([C](=O)[O-])[C](CCCC)=C1CCCC.[Na+]. The van der Waals surface area contributed by atoms with Crippen LogP contribution < -0.4 is 34.7 Å². The van der Waals surface area contributed by atoms with E-state index < -0.39 is 23.7 Å². The van der Waals surface area contributed by atoms with Gasteiger partial charge in [0.15, 0.2) is 0 Å². The molecule has 1 aliphatic heterocycles. The molecule has 1 rings (SSSR count). The van der Waals surface area contributed by atoms with Crippen LogP contribution in [0.15, 0.2) is 18.8 Å². The molecular weight excluding hydrogens is 378 g/mol. The van der Waals surface area contributed by atoms with Crippen LogP contribution in [0.3, 0.4) is 0 Å². The number of allylic oxidation sites excluding steroid dienone is 3. The first-order valence-electron chi connectivity index (χ1n) is 8.17. The molecular formula is C17H28NaO2Sn. The average molecular weight is 406 g/mol. The number of hydrogen-bond acceptors (Lipinski definition) is 2. The molecule has 0 aromatic rings. The van der Waals surface area contributed by atoms with Gasteiger partial charge in [0.25, 0.3) is 0 Å². The molecule has 0 N–H and O–H groups in total. The van der Waals surface area contributed by atoms with Gasteiger partial charge in [-0.15, -0.1) is 0 Å². The first kappa shape index (κ1) is 21.7. The summed E-state index contributed by atoms with van der Waals surface area (Å²) in [7, 11) is 0. The fraction of sp³-hybridized carbons (Fsp3) is 0.706.